The van der Waals surface area contributed by atoms with Gasteiger partial charge < -0.3 is 10.1 Å². The molecule has 172 valence electrons. The first-order chi connectivity index (χ1) is 15.6. The lowest BCUT2D eigenvalue weighted by Crippen LogP contribution is -2.34. The number of thiazole rings is 1. The molecule has 0 aliphatic carbocycles. The lowest BCUT2D eigenvalue weighted by Gasteiger charge is -2.16. The van der Waals surface area contributed by atoms with Crippen LogP contribution in [0.5, 0.6) is 5.75 Å². The van der Waals surface area contributed by atoms with Gasteiger partial charge in [-0.3, -0.25) is 4.79 Å². The van der Waals surface area contributed by atoms with Crippen molar-refractivity contribution < 1.29 is 26.7 Å². The molecular weight excluding hydrogens is 474 g/mol. The van der Waals surface area contributed by atoms with Crippen molar-refractivity contribution in [2.75, 3.05) is 18.9 Å². The second-order valence-electron chi connectivity index (χ2n) is 6.77. The number of carbonyl (C=O) groups is 1. The SMILES string of the molecule is Cc1sc(NC(=O)CN(C)S(=O)(=O)c2ccc(C#N)cc2)nc1-c1ccc(OC(F)F)cc1. The average Bonchev–Trinajstić information content (AvgIpc) is 3.13. The summed E-state index contributed by atoms with van der Waals surface area (Å²) in [5.74, 6) is -0.572. The van der Waals surface area contributed by atoms with Crippen LogP contribution in [0, 0.1) is 18.3 Å². The summed E-state index contributed by atoms with van der Waals surface area (Å²) in [4.78, 5) is 17.5. The highest BCUT2D eigenvalue weighted by Crippen LogP contribution is 2.31. The molecule has 8 nitrogen and oxygen atoms in total. The number of hydrogen-bond acceptors (Lipinski definition) is 7. The number of ether oxygens (including phenoxy) is 1. The molecule has 0 radical (unpaired) electrons. The summed E-state index contributed by atoms with van der Waals surface area (Å²) in [5.41, 5.74) is 1.52. The van der Waals surface area contributed by atoms with Crippen molar-refractivity contribution in [3.8, 4) is 23.1 Å². The van der Waals surface area contributed by atoms with E-state index in [1.807, 2.05) is 6.07 Å². The van der Waals surface area contributed by atoms with Gasteiger partial charge in [0, 0.05) is 17.5 Å². The van der Waals surface area contributed by atoms with E-state index in [1.54, 1.807) is 19.1 Å². The molecule has 1 amide bonds. The molecule has 0 fully saturated rings. The van der Waals surface area contributed by atoms with Crippen LogP contribution in [0.25, 0.3) is 11.3 Å². The number of halogens is 2. The zero-order valence-corrected chi connectivity index (χ0v) is 19.1. The van der Waals surface area contributed by atoms with Crippen LogP contribution in [0.3, 0.4) is 0 Å². The minimum Gasteiger partial charge on any atom is -0.435 e. The quantitative estimate of drug-likeness (QED) is 0.511. The first-order valence-corrected chi connectivity index (χ1v) is 11.6. The molecule has 1 N–H and O–H groups in total. The molecular formula is C21H18F2N4O4S2. The Morgan fingerprint density at radius 1 is 1.21 bits per heavy atom. The Morgan fingerprint density at radius 3 is 2.42 bits per heavy atom. The Morgan fingerprint density at radius 2 is 1.85 bits per heavy atom. The number of nitriles is 1. The fourth-order valence-corrected chi connectivity index (χ4v) is 4.82. The Labute approximate surface area is 193 Å². The molecule has 0 aliphatic rings. The van der Waals surface area contributed by atoms with Gasteiger partial charge in [-0.05, 0) is 55.5 Å². The number of benzene rings is 2. The molecule has 2 aromatic carbocycles. The van der Waals surface area contributed by atoms with Gasteiger partial charge in [-0.25, -0.2) is 13.4 Å². The highest BCUT2D eigenvalue weighted by Gasteiger charge is 2.23. The number of rotatable bonds is 8. The maximum atomic E-state index is 12.7. The van der Waals surface area contributed by atoms with Crippen LogP contribution in [0.15, 0.2) is 53.4 Å². The van der Waals surface area contributed by atoms with Crippen molar-refractivity contribution in [3.63, 3.8) is 0 Å². The molecule has 0 atom stereocenters. The second kappa shape index (κ2) is 10.0. The van der Waals surface area contributed by atoms with Gasteiger partial charge >= 0.3 is 6.61 Å². The van der Waals surface area contributed by atoms with Crippen LogP contribution in [0.2, 0.25) is 0 Å². The summed E-state index contributed by atoms with van der Waals surface area (Å²) in [6, 6.07) is 13.2. The maximum Gasteiger partial charge on any atom is 0.387 e. The number of nitrogens with zero attached hydrogens (tertiary/aromatic N) is 3. The molecule has 0 bridgehead atoms. The number of anilines is 1. The minimum atomic E-state index is -3.93. The van der Waals surface area contributed by atoms with Gasteiger partial charge in [0.1, 0.15) is 5.75 Å². The van der Waals surface area contributed by atoms with E-state index in [1.165, 1.54) is 54.8 Å². The number of sulfonamides is 1. The standard InChI is InChI=1S/C21H18F2N4O4S2/c1-13-19(15-5-7-16(8-6-15)31-20(22)23)26-21(32-13)25-18(28)12-27(2)33(29,30)17-9-3-14(11-24)4-10-17/h3-10,20H,12H2,1-2H3,(H,25,26,28). The third kappa shape index (κ3) is 5.89. The van der Waals surface area contributed by atoms with Gasteiger partial charge in [-0.1, -0.05) is 0 Å². The van der Waals surface area contributed by atoms with Crippen molar-refractivity contribution in [2.45, 2.75) is 18.4 Å². The number of aromatic nitrogens is 1. The zero-order valence-electron chi connectivity index (χ0n) is 17.5. The van der Waals surface area contributed by atoms with E-state index in [2.05, 4.69) is 15.0 Å². The number of nitrogens with one attached hydrogen (secondary N) is 1. The van der Waals surface area contributed by atoms with Crippen LogP contribution < -0.4 is 10.1 Å². The van der Waals surface area contributed by atoms with Crippen molar-refractivity contribution in [2.24, 2.45) is 0 Å². The van der Waals surface area contributed by atoms with Crippen LogP contribution in [0.1, 0.15) is 10.4 Å². The predicted octanol–water partition coefficient (Wildman–Crippen LogP) is 3.85. The lowest BCUT2D eigenvalue weighted by atomic mass is 10.1. The van der Waals surface area contributed by atoms with Crippen molar-refractivity contribution in [1.29, 1.82) is 5.26 Å². The maximum absolute atomic E-state index is 12.7. The van der Waals surface area contributed by atoms with Gasteiger partial charge in [0.2, 0.25) is 15.9 Å². The Kier molecular flexibility index (Phi) is 7.37. The molecule has 12 heteroatoms. The van der Waals surface area contributed by atoms with E-state index in [9.17, 15) is 22.0 Å². The van der Waals surface area contributed by atoms with Crippen LogP contribution in [-0.4, -0.2) is 43.8 Å². The highest BCUT2D eigenvalue weighted by molar-refractivity contribution is 7.89. The van der Waals surface area contributed by atoms with Crippen LogP contribution in [-0.2, 0) is 14.8 Å². The fraction of sp³-hybridized carbons (Fsp3) is 0.190. The molecule has 0 unspecified atom stereocenters. The predicted molar refractivity (Wildman–Crippen MR) is 119 cm³/mol. The van der Waals surface area contributed by atoms with Crippen LogP contribution in [0.4, 0.5) is 13.9 Å². The summed E-state index contributed by atoms with van der Waals surface area (Å²) in [5, 5.41) is 11.7. The second-order valence-corrected chi connectivity index (χ2v) is 10.0. The Balaban J connectivity index is 1.67. The number of carbonyl (C=O) groups excluding carboxylic acids is 1. The minimum absolute atomic E-state index is 0.0154. The van der Waals surface area contributed by atoms with E-state index < -0.39 is 29.1 Å². The first-order valence-electron chi connectivity index (χ1n) is 9.39. The summed E-state index contributed by atoms with van der Waals surface area (Å²) < 4.78 is 55.1. The average molecular weight is 493 g/mol. The topological polar surface area (TPSA) is 112 Å². The molecule has 3 rings (SSSR count). The molecule has 1 heterocycles. The zero-order chi connectivity index (χ0) is 24.2. The number of likely N-dealkylation sites (N-methyl/N-ethyl adjacent to an activating group) is 1. The van der Waals surface area contributed by atoms with E-state index in [4.69, 9.17) is 5.26 Å². The summed E-state index contributed by atoms with van der Waals surface area (Å²) >= 11 is 1.19. The molecule has 1 aromatic heterocycles. The third-order valence-corrected chi connectivity index (χ3v) is 7.16. The van der Waals surface area contributed by atoms with Crippen molar-refractivity contribution in [1.82, 2.24) is 9.29 Å². The monoisotopic (exact) mass is 492 g/mol. The van der Waals surface area contributed by atoms with Crippen molar-refractivity contribution in [3.05, 3.63) is 59.0 Å². The van der Waals surface area contributed by atoms with Gasteiger partial charge in [-0.15, -0.1) is 11.3 Å². The molecule has 0 saturated carbocycles. The molecule has 3 aromatic rings. The highest BCUT2D eigenvalue weighted by atomic mass is 32.2. The Hall–Kier alpha value is -3.40. The fourth-order valence-electron chi connectivity index (χ4n) is 2.84. The van der Waals surface area contributed by atoms with Crippen molar-refractivity contribution >= 4 is 32.4 Å². The van der Waals surface area contributed by atoms with Crippen LogP contribution >= 0.6 is 11.3 Å². The summed E-state index contributed by atoms with van der Waals surface area (Å²) in [7, 11) is -2.66. The van der Waals surface area contributed by atoms with Gasteiger partial charge in [0.25, 0.3) is 0 Å². The van der Waals surface area contributed by atoms with Gasteiger partial charge in [-0.2, -0.15) is 18.3 Å². The molecule has 33 heavy (non-hydrogen) atoms. The largest absolute Gasteiger partial charge is 0.435 e. The lowest BCUT2D eigenvalue weighted by molar-refractivity contribution is -0.116. The first kappa shape index (κ1) is 24.2. The summed E-state index contributed by atoms with van der Waals surface area (Å²) in [6.45, 7) is -1.58. The molecule has 0 aliphatic heterocycles. The van der Waals surface area contributed by atoms with E-state index >= 15 is 0 Å². The number of amides is 1. The smallest absolute Gasteiger partial charge is 0.387 e. The number of hydrogen-bond donors (Lipinski definition) is 1. The van der Waals surface area contributed by atoms with Gasteiger partial charge in [0.05, 0.1) is 28.8 Å². The number of aryl methyl sites for hydroxylation is 1. The molecule has 0 spiro atoms. The molecule has 0 saturated heterocycles. The van der Waals surface area contributed by atoms with E-state index in [0.29, 0.717) is 16.8 Å². The summed E-state index contributed by atoms with van der Waals surface area (Å²) in [6.07, 6.45) is 0. The normalized spacial score (nSPS) is 11.4. The Bertz CT molecular complexity index is 1290. The van der Waals surface area contributed by atoms with E-state index in [0.717, 1.165) is 9.18 Å². The van der Waals surface area contributed by atoms with E-state index in [-0.39, 0.29) is 15.8 Å². The third-order valence-electron chi connectivity index (χ3n) is 4.45. The number of alkyl halides is 2. The van der Waals surface area contributed by atoms with Gasteiger partial charge in [0.15, 0.2) is 5.13 Å².